The third kappa shape index (κ3) is 5.88. The number of thioether (sulfide) groups is 1. The van der Waals surface area contributed by atoms with Crippen LogP contribution in [0.3, 0.4) is 0 Å². The lowest BCUT2D eigenvalue weighted by Crippen LogP contribution is -2.19. The van der Waals surface area contributed by atoms with Gasteiger partial charge in [0.15, 0.2) is 11.8 Å². The predicted molar refractivity (Wildman–Crippen MR) is 133 cm³/mol. The Kier molecular flexibility index (Phi) is 7.99. The molecular weight excluding hydrogens is 634 g/mol. The van der Waals surface area contributed by atoms with E-state index in [1.54, 1.807) is 13.2 Å². The van der Waals surface area contributed by atoms with Crippen LogP contribution in [-0.4, -0.2) is 37.9 Å². The summed E-state index contributed by atoms with van der Waals surface area (Å²) in [5, 5.41) is 3.29. The van der Waals surface area contributed by atoms with E-state index in [-0.39, 0.29) is 12.5 Å². The van der Waals surface area contributed by atoms with E-state index in [0.717, 1.165) is 24.1 Å². The molecule has 1 heterocycles. The number of esters is 1. The molecule has 1 amide bonds. The molecule has 0 radical (unpaired) electrons. The van der Waals surface area contributed by atoms with Crippen molar-refractivity contribution in [2.24, 2.45) is 4.99 Å². The van der Waals surface area contributed by atoms with Gasteiger partial charge in [-0.15, -0.1) is 0 Å². The van der Waals surface area contributed by atoms with Gasteiger partial charge in [-0.1, -0.05) is 0 Å². The number of carbonyl (C=O) groups is 2. The molecule has 0 aliphatic carbocycles. The van der Waals surface area contributed by atoms with Gasteiger partial charge < -0.3 is 19.5 Å². The molecule has 30 heavy (non-hydrogen) atoms. The fraction of sp³-hybridized carbons (Fsp3) is 0.150. The second kappa shape index (κ2) is 10.5. The second-order valence-corrected chi connectivity index (χ2v) is 9.21. The minimum Gasteiger partial charge on any atom is -0.497 e. The molecule has 10 heteroatoms. The summed E-state index contributed by atoms with van der Waals surface area (Å²) < 4.78 is 16.9. The van der Waals surface area contributed by atoms with Crippen LogP contribution < -0.4 is 14.8 Å². The zero-order chi connectivity index (χ0) is 21.7. The first-order chi connectivity index (χ1) is 14.4. The molecule has 0 unspecified atom stereocenters. The van der Waals surface area contributed by atoms with Gasteiger partial charge in [-0.25, -0.2) is 9.79 Å². The average molecular weight is 650 g/mol. The summed E-state index contributed by atoms with van der Waals surface area (Å²) in [6, 6.07) is 11.0. The van der Waals surface area contributed by atoms with Crippen LogP contribution in [-0.2, 0) is 14.3 Å². The van der Waals surface area contributed by atoms with Gasteiger partial charge >= 0.3 is 5.97 Å². The van der Waals surface area contributed by atoms with E-state index < -0.39 is 5.97 Å². The number of nitrogens with zero attached hydrogens (tertiary/aromatic N) is 1. The molecule has 2 aromatic carbocycles. The van der Waals surface area contributed by atoms with Crippen LogP contribution >= 0.6 is 56.9 Å². The fourth-order valence-electron chi connectivity index (χ4n) is 2.40. The van der Waals surface area contributed by atoms with Gasteiger partial charge in [0, 0.05) is 0 Å². The number of amides is 1. The molecule has 7 nitrogen and oxygen atoms in total. The Bertz CT molecular complexity index is 1010. The highest BCUT2D eigenvalue weighted by Crippen LogP contribution is 2.33. The molecule has 1 aliphatic rings. The summed E-state index contributed by atoms with van der Waals surface area (Å²) in [6.07, 6.45) is 1.80. The number of hydrogen-bond acceptors (Lipinski definition) is 7. The van der Waals surface area contributed by atoms with Crippen molar-refractivity contribution < 1.29 is 23.8 Å². The molecule has 0 saturated carbocycles. The van der Waals surface area contributed by atoms with Gasteiger partial charge in [0.1, 0.15) is 11.5 Å². The molecule has 1 saturated heterocycles. The van der Waals surface area contributed by atoms with Gasteiger partial charge in [-0.3, -0.25) is 4.79 Å². The lowest BCUT2D eigenvalue weighted by Gasteiger charge is -2.10. The molecule has 0 atom stereocenters. The molecule has 1 N–H and O–H groups in total. The fourth-order valence-corrected chi connectivity index (χ4v) is 5.37. The van der Waals surface area contributed by atoms with E-state index >= 15 is 0 Å². The SMILES string of the molecule is COC(=O)COc1c(I)cc(/C=C2/SC(=Nc3ccc(OC)cc3)NC2=O)cc1I. The first kappa shape index (κ1) is 22.9. The number of hydrogen-bond donors (Lipinski definition) is 1. The number of methoxy groups -OCH3 is 2. The minimum absolute atomic E-state index is 0.160. The van der Waals surface area contributed by atoms with Crippen molar-refractivity contribution in [3.63, 3.8) is 0 Å². The molecule has 1 aliphatic heterocycles. The van der Waals surface area contributed by atoms with E-state index in [9.17, 15) is 9.59 Å². The van der Waals surface area contributed by atoms with E-state index in [1.807, 2.05) is 36.4 Å². The lowest BCUT2D eigenvalue weighted by atomic mass is 10.2. The van der Waals surface area contributed by atoms with Gasteiger partial charge in [-0.2, -0.15) is 0 Å². The summed E-state index contributed by atoms with van der Waals surface area (Å²) in [5.41, 5.74) is 1.56. The van der Waals surface area contributed by atoms with Crippen LogP contribution in [0.25, 0.3) is 6.08 Å². The summed E-state index contributed by atoms with van der Waals surface area (Å²) in [7, 11) is 2.92. The average Bonchev–Trinajstić information content (AvgIpc) is 3.06. The number of ether oxygens (including phenoxy) is 3. The van der Waals surface area contributed by atoms with E-state index in [1.165, 1.54) is 18.9 Å². The molecule has 1 fully saturated rings. The smallest absolute Gasteiger partial charge is 0.343 e. The van der Waals surface area contributed by atoms with Crippen LogP contribution in [0.2, 0.25) is 0 Å². The maximum Gasteiger partial charge on any atom is 0.343 e. The number of amidine groups is 1. The van der Waals surface area contributed by atoms with Crippen molar-refractivity contribution in [3.05, 3.63) is 54.0 Å². The van der Waals surface area contributed by atoms with Crippen LogP contribution in [0.15, 0.2) is 46.3 Å². The minimum atomic E-state index is -0.449. The first-order valence-electron chi connectivity index (χ1n) is 8.52. The summed E-state index contributed by atoms with van der Waals surface area (Å²) >= 11 is 5.54. The van der Waals surface area contributed by atoms with Crippen molar-refractivity contribution in [2.45, 2.75) is 0 Å². The highest BCUT2D eigenvalue weighted by atomic mass is 127. The zero-order valence-electron chi connectivity index (χ0n) is 15.9. The number of rotatable bonds is 6. The van der Waals surface area contributed by atoms with Gasteiger partial charge in [0.05, 0.1) is 32.0 Å². The Morgan fingerprint density at radius 3 is 2.43 bits per heavy atom. The number of halogens is 2. The Balaban J connectivity index is 1.77. The molecule has 0 spiro atoms. The van der Waals surface area contributed by atoms with Crippen LogP contribution in [0, 0.1) is 7.14 Å². The highest BCUT2D eigenvalue weighted by molar-refractivity contribution is 14.1. The first-order valence-corrected chi connectivity index (χ1v) is 11.5. The maximum absolute atomic E-state index is 12.3. The Hall–Kier alpha value is -1.80. The van der Waals surface area contributed by atoms with Gasteiger partial charge in [-0.05, 0) is 105 Å². The molecule has 0 aromatic heterocycles. The van der Waals surface area contributed by atoms with Gasteiger partial charge in [0.25, 0.3) is 5.91 Å². The van der Waals surface area contributed by atoms with Crippen molar-refractivity contribution in [1.29, 1.82) is 0 Å². The van der Waals surface area contributed by atoms with Crippen molar-refractivity contribution in [1.82, 2.24) is 5.32 Å². The summed E-state index contributed by atoms with van der Waals surface area (Å²) in [6.45, 7) is -0.160. The molecule has 0 bridgehead atoms. The summed E-state index contributed by atoms with van der Waals surface area (Å²) in [4.78, 5) is 28.7. The van der Waals surface area contributed by atoms with Crippen molar-refractivity contribution in [2.75, 3.05) is 20.8 Å². The Morgan fingerprint density at radius 2 is 1.83 bits per heavy atom. The maximum atomic E-state index is 12.3. The normalized spacial score (nSPS) is 15.9. The van der Waals surface area contributed by atoms with E-state index in [4.69, 9.17) is 9.47 Å². The van der Waals surface area contributed by atoms with Crippen molar-refractivity contribution >= 4 is 85.8 Å². The Labute approximate surface area is 204 Å². The summed E-state index contributed by atoms with van der Waals surface area (Å²) in [5.74, 6) is 0.693. The van der Waals surface area contributed by atoms with E-state index in [2.05, 4.69) is 60.2 Å². The Morgan fingerprint density at radius 1 is 1.17 bits per heavy atom. The van der Waals surface area contributed by atoms with Crippen LogP contribution in [0.1, 0.15) is 5.56 Å². The molecule has 156 valence electrons. The standard InChI is InChI=1S/C20H16I2N2O5S/c1-27-13-5-3-12(4-6-13)23-20-24-19(26)16(30-20)9-11-7-14(21)18(15(22)8-11)29-10-17(25)28-2/h3-9H,10H2,1-2H3,(H,23,24,26)/b16-9+. The largest absolute Gasteiger partial charge is 0.497 e. The number of benzene rings is 2. The van der Waals surface area contributed by atoms with Crippen LogP contribution in [0.5, 0.6) is 11.5 Å². The molecule has 3 rings (SSSR count). The van der Waals surface area contributed by atoms with E-state index in [0.29, 0.717) is 15.8 Å². The molecular formula is C20H16I2N2O5S. The number of carbonyl (C=O) groups excluding carboxylic acids is 2. The highest BCUT2D eigenvalue weighted by Gasteiger charge is 2.24. The third-order valence-corrected chi connectivity index (χ3v) is 6.35. The predicted octanol–water partition coefficient (Wildman–Crippen LogP) is 4.35. The lowest BCUT2D eigenvalue weighted by molar-refractivity contribution is -0.142. The van der Waals surface area contributed by atoms with Crippen LogP contribution in [0.4, 0.5) is 5.69 Å². The topological polar surface area (TPSA) is 86.2 Å². The van der Waals surface area contributed by atoms with Gasteiger partial charge in [0.2, 0.25) is 0 Å². The molecule has 2 aromatic rings. The zero-order valence-corrected chi connectivity index (χ0v) is 21.0. The quantitative estimate of drug-likeness (QED) is 0.285. The number of nitrogens with one attached hydrogen (secondary N) is 1. The number of aliphatic imine (C=N–C) groups is 1. The monoisotopic (exact) mass is 650 g/mol. The second-order valence-electron chi connectivity index (χ2n) is 5.86. The van der Waals surface area contributed by atoms with Crippen molar-refractivity contribution in [3.8, 4) is 11.5 Å². The third-order valence-electron chi connectivity index (χ3n) is 3.83.